The molecule has 0 radical (unpaired) electrons. The van der Waals surface area contributed by atoms with E-state index in [2.05, 4.69) is 46.5 Å². The summed E-state index contributed by atoms with van der Waals surface area (Å²) in [5, 5.41) is 5.49. The lowest BCUT2D eigenvalue weighted by Gasteiger charge is -2.28. The maximum Gasteiger partial charge on any atom is 0.0455 e. The molecule has 15 heavy (non-hydrogen) atoms. The Kier molecular flexibility index (Phi) is 5.26. The first-order valence-corrected chi connectivity index (χ1v) is 6.88. The normalized spacial score (nSPS) is 15.6. The van der Waals surface area contributed by atoms with E-state index >= 15 is 0 Å². The SMILES string of the molecule is CNC(c1cc(Br)cs1)C(CN)C(C)C. The van der Waals surface area contributed by atoms with Gasteiger partial charge in [0.1, 0.15) is 0 Å². The third-order valence-corrected chi connectivity index (χ3v) is 4.54. The lowest BCUT2D eigenvalue weighted by atomic mass is 9.88. The molecule has 0 saturated heterocycles. The Bertz CT molecular complexity index is 299. The van der Waals surface area contributed by atoms with Crippen LogP contribution < -0.4 is 11.1 Å². The van der Waals surface area contributed by atoms with Crippen LogP contribution >= 0.6 is 27.3 Å². The highest BCUT2D eigenvalue weighted by molar-refractivity contribution is 9.10. The number of hydrogen-bond acceptors (Lipinski definition) is 3. The molecule has 3 N–H and O–H groups in total. The second kappa shape index (κ2) is 5.99. The number of hydrogen-bond donors (Lipinski definition) is 2. The monoisotopic (exact) mass is 290 g/mol. The van der Waals surface area contributed by atoms with Gasteiger partial charge in [0.2, 0.25) is 0 Å². The molecule has 0 bridgehead atoms. The highest BCUT2D eigenvalue weighted by Gasteiger charge is 2.24. The van der Waals surface area contributed by atoms with Gasteiger partial charge in [-0.1, -0.05) is 13.8 Å². The van der Waals surface area contributed by atoms with Crippen LogP contribution in [0.3, 0.4) is 0 Å². The van der Waals surface area contributed by atoms with E-state index in [0.717, 1.165) is 11.0 Å². The Labute approximate surface area is 104 Å². The number of nitrogens with one attached hydrogen (secondary N) is 1. The van der Waals surface area contributed by atoms with Crippen molar-refractivity contribution in [2.24, 2.45) is 17.6 Å². The van der Waals surface area contributed by atoms with E-state index in [1.165, 1.54) is 4.88 Å². The van der Waals surface area contributed by atoms with Gasteiger partial charge in [-0.2, -0.15) is 0 Å². The van der Waals surface area contributed by atoms with Crippen LogP contribution in [0.1, 0.15) is 24.8 Å². The average molecular weight is 291 g/mol. The molecule has 0 amide bonds. The average Bonchev–Trinajstić information content (AvgIpc) is 2.60. The minimum atomic E-state index is 0.367. The zero-order valence-electron chi connectivity index (χ0n) is 9.46. The molecule has 0 aliphatic heterocycles. The molecule has 0 spiro atoms. The van der Waals surface area contributed by atoms with E-state index in [-0.39, 0.29) is 0 Å². The van der Waals surface area contributed by atoms with Gasteiger partial charge in [-0.3, -0.25) is 0 Å². The van der Waals surface area contributed by atoms with E-state index in [1.807, 2.05) is 7.05 Å². The zero-order valence-corrected chi connectivity index (χ0v) is 11.9. The van der Waals surface area contributed by atoms with Crippen LogP contribution in [0.2, 0.25) is 0 Å². The summed E-state index contributed by atoms with van der Waals surface area (Å²) in [6, 6.07) is 2.54. The van der Waals surface area contributed by atoms with E-state index in [9.17, 15) is 0 Å². The molecule has 0 saturated carbocycles. The Morgan fingerprint density at radius 2 is 2.20 bits per heavy atom. The Hall–Kier alpha value is 0.1000. The quantitative estimate of drug-likeness (QED) is 0.875. The lowest BCUT2D eigenvalue weighted by molar-refractivity contribution is 0.302. The van der Waals surface area contributed by atoms with Gasteiger partial charge < -0.3 is 11.1 Å². The van der Waals surface area contributed by atoms with Gasteiger partial charge in [0.25, 0.3) is 0 Å². The first-order chi connectivity index (χ1) is 7.10. The minimum absolute atomic E-state index is 0.367. The van der Waals surface area contributed by atoms with Crippen molar-refractivity contribution in [3.05, 3.63) is 20.8 Å². The molecule has 2 nitrogen and oxygen atoms in total. The molecule has 0 fully saturated rings. The molecule has 2 atom stereocenters. The molecule has 0 aliphatic rings. The fourth-order valence-electron chi connectivity index (χ4n) is 1.85. The van der Waals surface area contributed by atoms with E-state index in [4.69, 9.17) is 5.73 Å². The van der Waals surface area contributed by atoms with Gasteiger partial charge in [-0.15, -0.1) is 11.3 Å². The maximum absolute atomic E-state index is 5.85. The number of thiophene rings is 1. The lowest BCUT2D eigenvalue weighted by Crippen LogP contribution is -2.33. The third-order valence-electron chi connectivity index (χ3n) is 2.76. The number of rotatable bonds is 5. The van der Waals surface area contributed by atoms with Crippen molar-refractivity contribution in [1.29, 1.82) is 0 Å². The van der Waals surface area contributed by atoms with Crippen molar-refractivity contribution in [2.75, 3.05) is 13.6 Å². The summed E-state index contributed by atoms with van der Waals surface area (Å²) in [5.74, 6) is 1.08. The van der Waals surface area contributed by atoms with Gasteiger partial charge in [-0.25, -0.2) is 0 Å². The molecule has 1 rings (SSSR count). The highest BCUT2D eigenvalue weighted by Crippen LogP contribution is 2.32. The largest absolute Gasteiger partial charge is 0.330 e. The van der Waals surface area contributed by atoms with Gasteiger partial charge in [0.05, 0.1) is 0 Å². The van der Waals surface area contributed by atoms with Crippen LogP contribution in [0.5, 0.6) is 0 Å². The van der Waals surface area contributed by atoms with E-state index in [0.29, 0.717) is 17.9 Å². The van der Waals surface area contributed by atoms with Crippen molar-refractivity contribution in [1.82, 2.24) is 5.32 Å². The van der Waals surface area contributed by atoms with Crippen LogP contribution in [0.25, 0.3) is 0 Å². The zero-order chi connectivity index (χ0) is 11.4. The summed E-state index contributed by atoms with van der Waals surface area (Å²) in [4.78, 5) is 1.36. The predicted molar refractivity (Wildman–Crippen MR) is 71.2 cm³/mol. The first kappa shape index (κ1) is 13.2. The first-order valence-electron chi connectivity index (χ1n) is 5.21. The molecule has 1 aromatic heterocycles. The topological polar surface area (TPSA) is 38.0 Å². The molecule has 86 valence electrons. The van der Waals surface area contributed by atoms with Crippen molar-refractivity contribution in [2.45, 2.75) is 19.9 Å². The summed E-state index contributed by atoms with van der Waals surface area (Å²) >= 11 is 5.27. The minimum Gasteiger partial charge on any atom is -0.330 e. The van der Waals surface area contributed by atoms with E-state index < -0.39 is 0 Å². The molecule has 0 aliphatic carbocycles. The fraction of sp³-hybridized carbons (Fsp3) is 0.636. The van der Waals surface area contributed by atoms with Crippen molar-refractivity contribution in [3.8, 4) is 0 Å². The van der Waals surface area contributed by atoms with Crippen LogP contribution in [-0.4, -0.2) is 13.6 Å². The maximum atomic E-state index is 5.85. The molecule has 2 unspecified atom stereocenters. The highest BCUT2D eigenvalue weighted by atomic mass is 79.9. The third kappa shape index (κ3) is 3.28. The standard InChI is InChI=1S/C11H19BrN2S/c1-7(2)9(5-13)11(14-3)10-4-8(12)6-15-10/h4,6-7,9,11,14H,5,13H2,1-3H3. The van der Waals surface area contributed by atoms with Crippen LogP contribution in [0.15, 0.2) is 15.9 Å². The fourth-order valence-corrected chi connectivity index (χ4v) is 3.48. The van der Waals surface area contributed by atoms with Crippen LogP contribution in [0, 0.1) is 11.8 Å². The van der Waals surface area contributed by atoms with Gasteiger partial charge in [0.15, 0.2) is 0 Å². The summed E-state index contributed by atoms with van der Waals surface area (Å²) < 4.78 is 1.15. The van der Waals surface area contributed by atoms with E-state index in [1.54, 1.807) is 11.3 Å². The molecule has 1 aromatic rings. The second-order valence-corrected chi connectivity index (χ2v) is 5.94. The summed E-state index contributed by atoms with van der Waals surface area (Å²) in [6.45, 7) is 5.17. The van der Waals surface area contributed by atoms with Gasteiger partial charge >= 0.3 is 0 Å². The predicted octanol–water partition coefficient (Wildman–Crippen LogP) is 3.00. The van der Waals surface area contributed by atoms with Crippen LogP contribution in [-0.2, 0) is 0 Å². The summed E-state index contributed by atoms with van der Waals surface area (Å²) in [6.07, 6.45) is 0. The Balaban J connectivity index is 2.86. The summed E-state index contributed by atoms with van der Waals surface area (Å²) in [7, 11) is 2.00. The van der Waals surface area contributed by atoms with Crippen molar-refractivity contribution >= 4 is 27.3 Å². The summed E-state index contributed by atoms with van der Waals surface area (Å²) in [5.41, 5.74) is 5.85. The molecule has 0 aromatic carbocycles. The second-order valence-electron chi connectivity index (χ2n) is 4.08. The smallest absolute Gasteiger partial charge is 0.0455 e. The van der Waals surface area contributed by atoms with Gasteiger partial charge in [0, 0.05) is 20.8 Å². The molecular formula is C11H19BrN2S. The molecule has 1 heterocycles. The Morgan fingerprint density at radius 3 is 2.53 bits per heavy atom. The number of halogens is 1. The number of nitrogens with two attached hydrogens (primary N) is 1. The van der Waals surface area contributed by atoms with Crippen molar-refractivity contribution < 1.29 is 0 Å². The van der Waals surface area contributed by atoms with Crippen LogP contribution in [0.4, 0.5) is 0 Å². The molecule has 4 heteroatoms. The van der Waals surface area contributed by atoms with Crippen molar-refractivity contribution in [3.63, 3.8) is 0 Å². The Morgan fingerprint density at radius 1 is 1.53 bits per heavy atom. The molecular weight excluding hydrogens is 272 g/mol. The van der Waals surface area contributed by atoms with Gasteiger partial charge in [-0.05, 0) is 47.4 Å².